The van der Waals surface area contributed by atoms with E-state index in [-0.39, 0.29) is 0 Å². The minimum Gasteiger partial charge on any atom is -0.0587 e. The molecule has 0 aliphatic heterocycles. The van der Waals surface area contributed by atoms with Crippen molar-refractivity contribution in [2.75, 3.05) is 0 Å². The van der Waals surface area contributed by atoms with E-state index in [0.29, 0.717) is 0 Å². The van der Waals surface area contributed by atoms with Crippen LogP contribution >= 0.6 is 0 Å². The van der Waals surface area contributed by atoms with Crippen molar-refractivity contribution in [3.05, 3.63) is 47.0 Å². The lowest BCUT2D eigenvalue weighted by molar-refractivity contribution is 0.591. The summed E-state index contributed by atoms with van der Waals surface area (Å²) in [4.78, 5) is 0. The summed E-state index contributed by atoms with van der Waals surface area (Å²) < 4.78 is 0. The van der Waals surface area contributed by atoms with Crippen LogP contribution in [0.4, 0.5) is 0 Å². The van der Waals surface area contributed by atoms with E-state index in [1.54, 1.807) is 11.1 Å². The molecule has 16 heavy (non-hydrogen) atoms. The van der Waals surface area contributed by atoms with E-state index in [4.69, 9.17) is 0 Å². The summed E-state index contributed by atoms with van der Waals surface area (Å²) in [7, 11) is 0. The molecular formula is C16H18. The van der Waals surface area contributed by atoms with E-state index in [1.807, 2.05) is 0 Å². The summed E-state index contributed by atoms with van der Waals surface area (Å²) in [5.74, 6) is 0.744. The molecule has 0 heteroatoms. The topological polar surface area (TPSA) is 0 Å². The Kier molecular flexibility index (Phi) is 2.24. The van der Waals surface area contributed by atoms with Gasteiger partial charge in [0.2, 0.25) is 0 Å². The Morgan fingerprint density at radius 2 is 1.94 bits per heavy atom. The van der Waals surface area contributed by atoms with E-state index in [9.17, 15) is 0 Å². The summed E-state index contributed by atoms with van der Waals surface area (Å²) in [6.45, 7) is 4.53. The van der Waals surface area contributed by atoms with Crippen LogP contribution in [0, 0.1) is 6.92 Å². The van der Waals surface area contributed by atoms with Crippen LogP contribution in [0.3, 0.4) is 0 Å². The first-order chi connectivity index (χ1) is 7.74. The second kappa shape index (κ2) is 3.62. The van der Waals surface area contributed by atoms with Crippen LogP contribution in [0.15, 0.2) is 30.3 Å². The molecule has 0 nitrogen and oxygen atoms in total. The average Bonchev–Trinajstić information content (AvgIpc) is 2.28. The van der Waals surface area contributed by atoms with E-state index < -0.39 is 0 Å². The van der Waals surface area contributed by atoms with Gasteiger partial charge in [-0.2, -0.15) is 0 Å². The van der Waals surface area contributed by atoms with Crippen LogP contribution in [0.25, 0.3) is 10.8 Å². The Bertz CT molecular complexity index is 537. The van der Waals surface area contributed by atoms with Gasteiger partial charge in [0.1, 0.15) is 0 Å². The molecule has 82 valence electrons. The maximum absolute atomic E-state index is 2.42. The molecule has 0 amide bonds. The molecule has 0 N–H and O–H groups in total. The molecule has 3 rings (SSSR count). The summed E-state index contributed by atoms with van der Waals surface area (Å²) in [6, 6.07) is 11.6. The van der Waals surface area contributed by atoms with Gasteiger partial charge in [-0.3, -0.25) is 0 Å². The third-order valence-electron chi connectivity index (χ3n) is 3.87. The van der Waals surface area contributed by atoms with Crippen molar-refractivity contribution in [2.24, 2.45) is 0 Å². The zero-order valence-electron chi connectivity index (χ0n) is 10.1. The molecular weight excluding hydrogens is 192 g/mol. The van der Waals surface area contributed by atoms with E-state index in [0.717, 1.165) is 5.92 Å². The Balaban J connectivity index is 2.26. The van der Waals surface area contributed by atoms with E-state index in [2.05, 4.69) is 44.2 Å². The lowest BCUT2D eigenvalue weighted by Gasteiger charge is -2.23. The average molecular weight is 210 g/mol. The fourth-order valence-corrected chi connectivity index (χ4v) is 2.91. The lowest BCUT2D eigenvalue weighted by atomic mass is 9.82. The van der Waals surface area contributed by atoms with Crippen LogP contribution in [-0.2, 0) is 6.42 Å². The molecule has 0 radical (unpaired) electrons. The first-order valence-corrected chi connectivity index (χ1v) is 6.27. The SMILES string of the molecule is Cc1ccc2cc3c(cc2c1)C(C)CCC3. The van der Waals surface area contributed by atoms with Crippen molar-refractivity contribution >= 4 is 10.8 Å². The molecule has 1 unspecified atom stereocenters. The van der Waals surface area contributed by atoms with Crippen molar-refractivity contribution in [2.45, 2.75) is 39.0 Å². The highest BCUT2D eigenvalue weighted by Gasteiger charge is 2.16. The second-order valence-electron chi connectivity index (χ2n) is 5.19. The third-order valence-corrected chi connectivity index (χ3v) is 3.87. The molecule has 0 aromatic heterocycles. The Morgan fingerprint density at radius 1 is 1.06 bits per heavy atom. The van der Waals surface area contributed by atoms with Gasteiger partial charge in [0.25, 0.3) is 0 Å². The molecule has 0 heterocycles. The molecule has 0 bridgehead atoms. The second-order valence-corrected chi connectivity index (χ2v) is 5.19. The fraction of sp³-hybridized carbons (Fsp3) is 0.375. The van der Waals surface area contributed by atoms with Gasteiger partial charge < -0.3 is 0 Å². The summed E-state index contributed by atoms with van der Waals surface area (Å²) in [5.41, 5.74) is 4.52. The Labute approximate surface area is 97.3 Å². The van der Waals surface area contributed by atoms with Gasteiger partial charge >= 0.3 is 0 Å². The highest BCUT2D eigenvalue weighted by atomic mass is 14.2. The van der Waals surface area contributed by atoms with E-state index in [1.165, 1.54) is 35.6 Å². The maximum atomic E-state index is 2.42. The number of hydrogen-bond donors (Lipinski definition) is 0. The molecule has 0 saturated heterocycles. The Morgan fingerprint density at radius 3 is 2.81 bits per heavy atom. The van der Waals surface area contributed by atoms with Crippen molar-refractivity contribution in [1.29, 1.82) is 0 Å². The Hall–Kier alpha value is -1.30. The largest absolute Gasteiger partial charge is 0.0587 e. The number of benzene rings is 2. The van der Waals surface area contributed by atoms with Gasteiger partial charge in [0.05, 0.1) is 0 Å². The normalized spacial score (nSPS) is 19.8. The predicted molar refractivity (Wildman–Crippen MR) is 70.0 cm³/mol. The standard InChI is InChI=1S/C16H18/c1-11-6-7-13-9-14-5-3-4-12(2)16(14)10-15(13)8-11/h6-10,12H,3-5H2,1-2H3. The summed E-state index contributed by atoms with van der Waals surface area (Å²) in [5, 5.41) is 2.81. The van der Waals surface area contributed by atoms with Crippen LogP contribution in [0.5, 0.6) is 0 Å². The van der Waals surface area contributed by atoms with Gasteiger partial charge in [-0.15, -0.1) is 0 Å². The quantitative estimate of drug-likeness (QED) is 0.596. The highest BCUT2D eigenvalue weighted by molar-refractivity contribution is 5.85. The monoisotopic (exact) mass is 210 g/mol. The molecule has 2 aromatic carbocycles. The van der Waals surface area contributed by atoms with Gasteiger partial charge in [-0.05, 0) is 54.0 Å². The van der Waals surface area contributed by atoms with Crippen LogP contribution in [-0.4, -0.2) is 0 Å². The minimum atomic E-state index is 0.744. The zero-order valence-corrected chi connectivity index (χ0v) is 10.1. The van der Waals surface area contributed by atoms with Gasteiger partial charge in [0, 0.05) is 0 Å². The third kappa shape index (κ3) is 1.53. The van der Waals surface area contributed by atoms with Gasteiger partial charge in [-0.25, -0.2) is 0 Å². The first kappa shape index (κ1) is 9.89. The molecule has 1 aliphatic carbocycles. The number of rotatable bonds is 0. The smallest absolute Gasteiger partial charge is 0.0178 e. The van der Waals surface area contributed by atoms with Crippen LogP contribution < -0.4 is 0 Å². The molecule has 1 aliphatic rings. The maximum Gasteiger partial charge on any atom is -0.0178 e. The van der Waals surface area contributed by atoms with Gasteiger partial charge in [-0.1, -0.05) is 42.8 Å². The lowest BCUT2D eigenvalue weighted by Crippen LogP contribution is -2.06. The summed E-state index contributed by atoms with van der Waals surface area (Å²) in [6.07, 6.45) is 3.97. The predicted octanol–water partition coefficient (Wildman–Crippen LogP) is 4.59. The van der Waals surface area contributed by atoms with Crippen molar-refractivity contribution in [1.82, 2.24) is 0 Å². The number of hydrogen-bond acceptors (Lipinski definition) is 0. The molecule has 2 aromatic rings. The molecule has 0 fully saturated rings. The zero-order chi connectivity index (χ0) is 11.1. The van der Waals surface area contributed by atoms with Crippen molar-refractivity contribution in [3.8, 4) is 0 Å². The fourth-order valence-electron chi connectivity index (χ4n) is 2.91. The first-order valence-electron chi connectivity index (χ1n) is 6.27. The van der Waals surface area contributed by atoms with Crippen molar-refractivity contribution in [3.63, 3.8) is 0 Å². The van der Waals surface area contributed by atoms with E-state index >= 15 is 0 Å². The molecule has 0 saturated carbocycles. The van der Waals surface area contributed by atoms with Crippen LogP contribution in [0.2, 0.25) is 0 Å². The minimum absolute atomic E-state index is 0.744. The van der Waals surface area contributed by atoms with Gasteiger partial charge in [0.15, 0.2) is 0 Å². The van der Waals surface area contributed by atoms with Crippen LogP contribution in [0.1, 0.15) is 42.4 Å². The highest BCUT2D eigenvalue weighted by Crippen LogP contribution is 2.34. The molecule has 1 atom stereocenters. The van der Waals surface area contributed by atoms with Crippen molar-refractivity contribution < 1.29 is 0 Å². The molecule has 0 spiro atoms. The number of aryl methyl sites for hydroxylation is 2. The number of fused-ring (bicyclic) bond motifs is 2. The summed E-state index contributed by atoms with van der Waals surface area (Å²) >= 11 is 0.